The molecule has 18 heavy (non-hydrogen) atoms. The molecule has 0 aliphatic carbocycles. The van der Waals surface area contributed by atoms with E-state index in [4.69, 9.17) is 0 Å². The monoisotopic (exact) mass is 313 g/mol. The first kappa shape index (κ1) is 12.8. The van der Waals surface area contributed by atoms with E-state index in [1.165, 1.54) is 18.2 Å². The summed E-state index contributed by atoms with van der Waals surface area (Å²) < 4.78 is 0.504. The van der Waals surface area contributed by atoms with E-state index in [2.05, 4.69) is 21.2 Å². The van der Waals surface area contributed by atoms with Crippen molar-refractivity contribution in [1.82, 2.24) is 4.90 Å². The van der Waals surface area contributed by atoms with E-state index < -0.39 is 4.92 Å². The van der Waals surface area contributed by atoms with Gasteiger partial charge in [0.15, 0.2) is 0 Å². The number of anilines is 1. The second kappa shape index (κ2) is 5.34. The molecule has 6 nitrogen and oxygen atoms in total. The van der Waals surface area contributed by atoms with Crippen molar-refractivity contribution in [2.24, 2.45) is 0 Å². The van der Waals surface area contributed by atoms with Gasteiger partial charge in [0.2, 0.25) is 0 Å². The fourth-order valence-corrected chi connectivity index (χ4v) is 2.30. The number of likely N-dealkylation sites (tertiary alicyclic amines) is 1. The molecule has 0 unspecified atom stereocenters. The van der Waals surface area contributed by atoms with Crippen molar-refractivity contribution >= 4 is 33.3 Å². The lowest BCUT2D eigenvalue weighted by Gasteiger charge is -2.16. The van der Waals surface area contributed by atoms with Crippen molar-refractivity contribution in [2.45, 2.75) is 12.8 Å². The molecule has 2 rings (SSSR count). The highest BCUT2D eigenvalue weighted by Crippen LogP contribution is 2.27. The standard InChI is InChI=1S/C11H12BrN3O3/c12-9-7-8(15(17)18)3-4-10(9)13-11(16)14-5-1-2-6-14/h3-4,7H,1-2,5-6H2,(H,13,16). The van der Waals surface area contributed by atoms with Crippen LogP contribution in [0.4, 0.5) is 16.2 Å². The molecule has 1 N–H and O–H groups in total. The molecule has 0 radical (unpaired) electrons. The third-order valence-electron chi connectivity index (χ3n) is 2.80. The summed E-state index contributed by atoms with van der Waals surface area (Å²) in [4.78, 5) is 23.7. The zero-order valence-electron chi connectivity index (χ0n) is 9.56. The van der Waals surface area contributed by atoms with Crippen molar-refractivity contribution in [2.75, 3.05) is 18.4 Å². The van der Waals surface area contributed by atoms with Crippen LogP contribution in [0.3, 0.4) is 0 Å². The van der Waals surface area contributed by atoms with Crippen molar-refractivity contribution in [1.29, 1.82) is 0 Å². The van der Waals surface area contributed by atoms with E-state index in [0.717, 1.165) is 25.9 Å². The first-order chi connectivity index (χ1) is 8.58. The topological polar surface area (TPSA) is 75.5 Å². The summed E-state index contributed by atoms with van der Waals surface area (Å²) in [6, 6.07) is 4.10. The summed E-state index contributed by atoms with van der Waals surface area (Å²) in [7, 11) is 0. The quantitative estimate of drug-likeness (QED) is 0.673. The maximum atomic E-state index is 11.8. The summed E-state index contributed by atoms with van der Waals surface area (Å²) in [6.45, 7) is 1.52. The molecule has 0 bridgehead atoms. The van der Waals surface area contributed by atoms with Crippen molar-refractivity contribution in [3.63, 3.8) is 0 Å². The van der Waals surface area contributed by atoms with Crippen LogP contribution in [0, 0.1) is 10.1 Å². The fourth-order valence-electron chi connectivity index (χ4n) is 1.83. The Morgan fingerprint density at radius 2 is 2.06 bits per heavy atom. The minimum atomic E-state index is -0.475. The number of halogens is 1. The highest BCUT2D eigenvalue weighted by Gasteiger charge is 2.19. The highest BCUT2D eigenvalue weighted by molar-refractivity contribution is 9.10. The number of benzene rings is 1. The number of amides is 2. The lowest BCUT2D eigenvalue weighted by Crippen LogP contribution is -2.32. The molecule has 1 heterocycles. The Kier molecular flexibility index (Phi) is 3.81. The minimum absolute atomic E-state index is 0.0129. The average molecular weight is 314 g/mol. The Hall–Kier alpha value is -1.63. The lowest BCUT2D eigenvalue weighted by atomic mass is 10.3. The Balaban J connectivity index is 2.09. The van der Waals surface area contributed by atoms with Gasteiger partial charge < -0.3 is 10.2 Å². The molecule has 1 fully saturated rings. The second-order valence-electron chi connectivity index (χ2n) is 4.05. The smallest absolute Gasteiger partial charge is 0.321 e. The number of nitrogens with one attached hydrogen (secondary N) is 1. The van der Waals surface area contributed by atoms with E-state index >= 15 is 0 Å². The molecule has 1 aliphatic heterocycles. The van der Waals surface area contributed by atoms with Gasteiger partial charge in [-0.3, -0.25) is 10.1 Å². The SMILES string of the molecule is O=C(Nc1ccc([N+](=O)[O-])cc1Br)N1CCCC1. The van der Waals surface area contributed by atoms with Crippen LogP contribution in [0.25, 0.3) is 0 Å². The Morgan fingerprint density at radius 3 is 2.61 bits per heavy atom. The zero-order valence-corrected chi connectivity index (χ0v) is 11.1. The number of carbonyl (C=O) groups excluding carboxylic acids is 1. The number of hydrogen-bond donors (Lipinski definition) is 1. The van der Waals surface area contributed by atoms with Crippen LogP contribution in [0.1, 0.15) is 12.8 Å². The molecule has 0 atom stereocenters. The number of hydrogen-bond acceptors (Lipinski definition) is 3. The van der Waals surface area contributed by atoms with Gasteiger partial charge in [0.05, 0.1) is 10.6 Å². The molecular weight excluding hydrogens is 302 g/mol. The van der Waals surface area contributed by atoms with Crippen molar-refractivity contribution in [3.8, 4) is 0 Å². The average Bonchev–Trinajstić information content (AvgIpc) is 2.85. The number of nitrogens with zero attached hydrogens (tertiary/aromatic N) is 2. The molecule has 1 aromatic carbocycles. The summed E-state index contributed by atoms with van der Waals surface area (Å²) >= 11 is 3.21. The normalized spacial score (nSPS) is 14.6. The van der Waals surface area contributed by atoms with Crippen LogP contribution in [0.2, 0.25) is 0 Å². The van der Waals surface area contributed by atoms with Crippen LogP contribution in [-0.2, 0) is 0 Å². The summed E-state index contributed by atoms with van der Waals surface area (Å²) in [5.41, 5.74) is 0.526. The number of rotatable bonds is 2. The zero-order chi connectivity index (χ0) is 13.1. The fraction of sp³-hybridized carbons (Fsp3) is 0.364. The number of nitro benzene ring substituents is 1. The predicted molar refractivity (Wildman–Crippen MR) is 70.6 cm³/mol. The third kappa shape index (κ3) is 2.79. The van der Waals surface area contributed by atoms with Gasteiger partial charge in [-0.15, -0.1) is 0 Å². The molecule has 0 aromatic heterocycles. The summed E-state index contributed by atoms with van der Waals surface area (Å²) in [6.07, 6.45) is 2.05. The maximum absolute atomic E-state index is 11.8. The van der Waals surface area contributed by atoms with E-state index in [1.54, 1.807) is 4.90 Å². The Morgan fingerprint density at radius 1 is 1.39 bits per heavy atom. The molecule has 7 heteroatoms. The largest absolute Gasteiger partial charge is 0.325 e. The predicted octanol–water partition coefficient (Wildman–Crippen LogP) is 2.99. The van der Waals surface area contributed by atoms with E-state index in [1.807, 2.05) is 0 Å². The van der Waals surface area contributed by atoms with Gasteiger partial charge in [0.1, 0.15) is 0 Å². The number of carbonyl (C=O) groups is 1. The maximum Gasteiger partial charge on any atom is 0.321 e. The summed E-state index contributed by atoms with van der Waals surface area (Å²) in [5.74, 6) is 0. The van der Waals surface area contributed by atoms with Crippen LogP contribution >= 0.6 is 15.9 Å². The first-order valence-corrected chi connectivity index (χ1v) is 6.37. The molecule has 0 saturated carbocycles. The van der Waals surface area contributed by atoms with Crippen LogP contribution in [0.15, 0.2) is 22.7 Å². The Labute approximate surface area is 112 Å². The van der Waals surface area contributed by atoms with Crippen LogP contribution < -0.4 is 5.32 Å². The highest BCUT2D eigenvalue weighted by atomic mass is 79.9. The minimum Gasteiger partial charge on any atom is -0.325 e. The van der Waals surface area contributed by atoms with Gasteiger partial charge in [-0.25, -0.2) is 4.79 Å². The number of urea groups is 1. The lowest BCUT2D eigenvalue weighted by molar-refractivity contribution is -0.384. The van der Waals surface area contributed by atoms with Gasteiger partial charge in [-0.1, -0.05) is 0 Å². The molecule has 2 amide bonds. The molecule has 1 saturated heterocycles. The first-order valence-electron chi connectivity index (χ1n) is 5.58. The third-order valence-corrected chi connectivity index (χ3v) is 3.45. The summed E-state index contributed by atoms with van der Waals surface area (Å²) in [5, 5.41) is 13.3. The molecule has 1 aromatic rings. The van der Waals surface area contributed by atoms with Crippen molar-refractivity contribution in [3.05, 3.63) is 32.8 Å². The molecular formula is C11H12BrN3O3. The van der Waals surface area contributed by atoms with Gasteiger partial charge in [-0.2, -0.15) is 0 Å². The number of non-ortho nitro benzene ring substituents is 1. The van der Waals surface area contributed by atoms with Gasteiger partial charge >= 0.3 is 6.03 Å². The van der Waals surface area contributed by atoms with Gasteiger partial charge in [-0.05, 0) is 34.8 Å². The van der Waals surface area contributed by atoms with E-state index in [-0.39, 0.29) is 11.7 Å². The van der Waals surface area contributed by atoms with E-state index in [0.29, 0.717) is 10.2 Å². The van der Waals surface area contributed by atoms with Crippen LogP contribution in [0.5, 0.6) is 0 Å². The van der Waals surface area contributed by atoms with Crippen molar-refractivity contribution < 1.29 is 9.72 Å². The van der Waals surface area contributed by atoms with Gasteiger partial charge in [0, 0.05) is 29.7 Å². The molecule has 1 aliphatic rings. The molecule has 0 spiro atoms. The number of nitro groups is 1. The van der Waals surface area contributed by atoms with E-state index in [9.17, 15) is 14.9 Å². The van der Waals surface area contributed by atoms with Gasteiger partial charge in [0.25, 0.3) is 5.69 Å². The van der Waals surface area contributed by atoms with Crippen LogP contribution in [-0.4, -0.2) is 28.9 Å². The molecule has 96 valence electrons. The Bertz CT molecular complexity index is 486. The second-order valence-corrected chi connectivity index (χ2v) is 4.90.